The first-order valence-electron chi connectivity index (χ1n) is 17.0. The summed E-state index contributed by atoms with van der Waals surface area (Å²) in [7, 11) is -0.746. The van der Waals surface area contributed by atoms with Gasteiger partial charge in [-0.1, -0.05) is 120 Å². The summed E-state index contributed by atoms with van der Waals surface area (Å²) in [6, 6.07) is 38.2. The normalized spacial score (nSPS) is 18.9. The third-order valence-corrected chi connectivity index (χ3v) is 10.5. The SMILES string of the molecule is CC1(C)OB(c2cc3ccc4cc(B5OC(C)(C)C(C)(C)O5)cc5ccc(c2)c3c45)OC1(C)C.Cc1ccccc1.Cc1ccccc1. The maximum Gasteiger partial charge on any atom is 0.494 e. The van der Waals surface area contributed by atoms with Gasteiger partial charge in [-0.25, -0.2) is 0 Å². The van der Waals surface area contributed by atoms with Gasteiger partial charge in [-0.3, -0.25) is 0 Å². The van der Waals surface area contributed by atoms with Crippen LogP contribution in [0.1, 0.15) is 66.5 Å². The molecule has 0 aliphatic carbocycles. The zero-order chi connectivity index (χ0) is 34.5. The number of benzene rings is 6. The summed E-state index contributed by atoms with van der Waals surface area (Å²) in [5.41, 5.74) is 3.32. The molecule has 0 spiro atoms. The van der Waals surface area contributed by atoms with E-state index in [1.54, 1.807) is 0 Å². The largest absolute Gasteiger partial charge is 0.494 e. The zero-order valence-electron chi connectivity index (χ0n) is 30.2. The van der Waals surface area contributed by atoms with Crippen molar-refractivity contribution in [1.82, 2.24) is 0 Å². The summed E-state index contributed by atoms with van der Waals surface area (Å²) in [5.74, 6) is 0. The molecule has 4 nitrogen and oxygen atoms in total. The van der Waals surface area contributed by atoms with E-state index in [0.717, 1.165) is 10.9 Å². The van der Waals surface area contributed by atoms with Crippen LogP contribution in [-0.4, -0.2) is 36.6 Å². The Morgan fingerprint density at radius 2 is 0.625 bits per heavy atom. The third-order valence-electron chi connectivity index (χ3n) is 10.5. The molecule has 0 bridgehead atoms. The van der Waals surface area contributed by atoms with Crippen molar-refractivity contribution in [3.05, 3.63) is 120 Å². The molecule has 2 fully saturated rings. The van der Waals surface area contributed by atoms with Crippen LogP contribution in [0.4, 0.5) is 0 Å². The third kappa shape index (κ3) is 6.64. The molecule has 6 heteroatoms. The molecule has 0 amide bonds. The van der Waals surface area contributed by atoms with Crippen molar-refractivity contribution < 1.29 is 18.6 Å². The van der Waals surface area contributed by atoms with E-state index in [2.05, 4.69) is 142 Å². The molecule has 2 aliphatic rings. The molecule has 0 atom stereocenters. The fourth-order valence-corrected chi connectivity index (χ4v) is 6.19. The molecule has 8 rings (SSSR count). The van der Waals surface area contributed by atoms with E-state index in [1.165, 1.54) is 43.4 Å². The molecule has 0 N–H and O–H groups in total. The minimum atomic E-state index is -0.373. The topological polar surface area (TPSA) is 36.9 Å². The van der Waals surface area contributed by atoms with Gasteiger partial charge in [-0.05, 0) is 112 Å². The predicted molar refractivity (Wildman–Crippen MR) is 204 cm³/mol. The van der Waals surface area contributed by atoms with Crippen molar-refractivity contribution in [2.24, 2.45) is 0 Å². The lowest BCUT2D eigenvalue weighted by atomic mass is 9.75. The van der Waals surface area contributed by atoms with Crippen LogP contribution < -0.4 is 10.9 Å². The van der Waals surface area contributed by atoms with Gasteiger partial charge in [0.2, 0.25) is 0 Å². The highest BCUT2D eigenvalue weighted by molar-refractivity contribution is 6.63. The monoisotopic (exact) mass is 638 g/mol. The highest BCUT2D eigenvalue weighted by Gasteiger charge is 2.53. The van der Waals surface area contributed by atoms with Gasteiger partial charge in [0.1, 0.15) is 0 Å². The Hall–Kier alpha value is -3.67. The first kappa shape index (κ1) is 34.2. The van der Waals surface area contributed by atoms with E-state index in [-0.39, 0.29) is 36.6 Å². The summed E-state index contributed by atoms with van der Waals surface area (Å²) in [6.45, 7) is 20.9. The van der Waals surface area contributed by atoms with Crippen LogP contribution in [0, 0.1) is 13.8 Å². The van der Waals surface area contributed by atoms with Gasteiger partial charge in [0.05, 0.1) is 22.4 Å². The molecule has 48 heavy (non-hydrogen) atoms. The zero-order valence-corrected chi connectivity index (χ0v) is 30.2. The molecule has 0 unspecified atom stereocenters. The molecule has 0 aromatic heterocycles. The Labute approximate surface area is 287 Å². The number of hydrogen-bond acceptors (Lipinski definition) is 4. The van der Waals surface area contributed by atoms with Crippen LogP contribution in [0.2, 0.25) is 0 Å². The first-order chi connectivity index (χ1) is 22.6. The van der Waals surface area contributed by atoms with Crippen LogP contribution >= 0.6 is 0 Å². The summed E-state index contributed by atoms with van der Waals surface area (Å²) in [4.78, 5) is 0. The number of aryl methyl sites for hydroxylation is 2. The lowest BCUT2D eigenvalue weighted by Crippen LogP contribution is -2.41. The summed E-state index contributed by atoms with van der Waals surface area (Å²) in [6.07, 6.45) is 0. The molecular formula is C42H48B2O4. The van der Waals surface area contributed by atoms with Crippen LogP contribution in [0.3, 0.4) is 0 Å². The fourth-order valence-electron chi connectivity index (χ4n) is 6.19. The van der Waals surface area contributed by atoms with Gasteiger partial charge in [-0.15, -0.1) is 0 Å². The molecule has 0 radical (unpaired) electrons. The highest BCUT2D eigenvalue weighted by Crippen LogP contribution is 2.40. The first-order valence-corrected chi connectivity index (χ1v) is 17.0. The molecule has 246 valence electrons. The second kappa shape index (κ2) is 12.7. The Bertz CT molecular complexity index is 1770. The minimum absolute atomic E-state index is 0.361. The molecule has 2 aliphatic heterocycles. The van der Waals surface area contributed by atoms with Crippen LogP contribution in [-0.2, 0) is 18.6 Å². The molecule has 6 aromatic rings. The Kier molecular flexibility index (Phi) is 9.02. The highest BCUT2D eigenvalue weighted by atomic mass is 16.7. The minimum Gasteiger partial charge on any atom is -0.399 e. The summed E-state index contributed by atoms with van der Waals surface area (Å²) < 4.78 is 25.3. The molecule has 6 aromatic carbocycles. The summed E-state index contributed by atoms with van der Waals surface area (Å²) >= 11 is 0. The quantitative estimate of drug-likeness (QED) is 0.140. The van der Waals surface area contributed by atoms with Gasteiger partial charge in [0.15, 0.2) is 0 Å². The lowest BCUT2D eigenvalue weighted by molar-refractivity contribution is 0.00578. The second-order valence-corrected chi connectivity index (χ2v) is 15.3. The molecule has 2 saturated heterocycles. The molecule has 0 saturated carbocycles. The van der Waals surface area contributed by atoms with E-state index >= 15 is 0 Å². The smallest absolute Gasteiger partial charge is 0.399 e. The van der Waals surface area contributed by atoms with Crippen molar-refractivity contribution in [3.63, 3.8) is 0 Å². The van der Waals surface area contributed by atoms with E-state index < -0.39 is 0 Å². The van der Waals surface area contributed by atoms with Crippen LogP contribution in [0.5, 0.6) is 0 Å². The van der Waals surface area contributed by atoms with Crippen molar-refractivity contribution in [1.29, 1.82) is 0 Å². The average molecular weight is 638 g/mol. The number of rotatable bonds is 2. The Morgan fingerprint density at radius 3 is 0.833 bits per heavy atom. The Balaban J connectivity index is 0.000000237. The van der Waals surface area contributed by atoms with Crippen molar-refractivity contribution in [2.75, 3.05) is 0 Å². The predicted octanol–water partition coefficient (Wildman–Crippen LogP) is 9.17. The Morgan fingerprint density at radius 1 is 0.375 bits per heavy atom. The average Bonchev–Trinajstić information content (AvgIpc) is 3.40. The standard InChI is InChI=1S/C28H32B2O4.2C7H8/c1-25(2)26(3,4)32-29(31-25)21-13-17-9-11-19-15-22(30-33-27(5,6)28(7,8)34-30)16-20-12-10-18(14-21)23(17)24(19)20;2*1-7-5-3-2-4-6-7/h9-16H,1-8H3;2*2-6H,1H3. The van der Waals surface area contributed by atoms with E-state index in [0.29, 0.717) is 0 Å². The molecular weight excluding hydrogens is 590 g/mol. The molecule has 2 heterocycles. The van der Waals surface area contributed by atoms with Gasteiger partial charge in [-0.2, -0.15) is 0 Å². The van der Waals surface area contributed by atoms with Crippen LogP contribution in [0.25, 0.3) is 32.3 Å². The van der Waals surface area contributed by atoms with E-state index in [4.69, 9.17) is 18.6 Å². The second-order valence-electron chi connectivity index (χ2n) is 15.3. The maximum absolute atomic E-state index is 6.33. The maximum atomic E-state index is 6.33. The van der Waals surface area contributed by atoms with E-state index in [9.17, 15) is 0 Å². The van der Waals surface area contributed by atoms with Crippen molar-refractivity contribution in [3.8, 4) is 0 Å². The van der Waals surface area contributed by atoms with Crippen molar-refractivity contribution >= 4 is 57.5 Å². The lowest BCUT2D eigenvalue weighted by Gasteiger charge is -2.32. The van der Waals surface area contributed by atoms with E-state index in [1.807, 2.05) is 36.4 Å². The fraction of sp³-hybridized carbons (Fsp3) is 0.333. The van der Waals surface area contributed by atoms with Gasteiger partial charge in [0.25, 0.3) is 0 Å². The van der Waals surface area contributed by atoms with Gasteiger partial charge >= 0.3 is 14.2 Å². The van der Waals surface area contributed by atoms with Crippen molar-refractivity contribution in [2.45, 2.75) is 91.6 Å². The number of hydrogen-bond donors (Lipinski definition) is 0. The van der Waals surface area contributed by atoms with Gasteiger partial charge < -0.3 is 18.6 Å². The van der Waals surface area contributed by atoms with Gasteiger partial charge in [0, 0.05) is 0 Å². The van der Waals surface area contributed by atoms with Crippen LogP contribution in [0.15, 0.2) is 109 Å². The summed E-state index contributed by atoms with van der Waals surface area (Å²) in [5, 5.41) is 7.34.